The molecule has 5 heteroatoms. The highest BCUT2D eigenvalue weighted by Gasteiger charge is 2.27. The lowest BCUT2D eigenvalue weighted by Gasteiger charge is -2.22. The molecule has 0 bridgehead atoms. The van der Waals surface area contributed by atoms with Crippen LogP contribution in [0.4, 0.5) is 14.6 Å². The molecule has 0 radical (unpaired) electrons. The van der Waals surface area contributed by atoms with E-state index >= 15 is 0 Å². The first-order valence-corrected chi connectivity index (χ1v) is 8.50. The molecule has 2 aromatic rings. The third-order valence-corrected chi connectivity index (χ3v) is 4.35. The summed E-state index contributed by atoms with van der Waals surface area (Å²) in [6, 6.07) is 7.92. The summed E-state index contributed by atoms with van der Waals surface area (Å²) in [6.45, 7) is 6.06. The van der Waals surface area contributed by atoms with Gasteiger partial charge in [-0.2, -0.15) is 0 Å². The van der Waals surface area contributed by atoms with Crippen LogP contribution >= 0.6 is 0 Å². The van der Waals surface area contributed by atoms with Crippen LogP contribution in [-0.2, 0) is 6.42 Å². The molecular formula is C20H22F2N2O. The van der Waals surface area contributed by atoms with Crippen molar-refractivity contribution >= 4 is 11.6 Å². The molecule has 3 rings (SSSR count). The fourth-order valence-electron chi connectivity index (χ4n) is 3.24. The van der Waals surface area contributed by atoms with Crippen molar-refractivity contribution in [1.82, 2.24) is 4.98 Å². The first-order valence-electron chi connectivity index (χ1n) is 8.50. The molecular weight excluding hydrogens is 322 g/mol. The Morgan fingerprint density at radius 2 is 1.92 bits per heavy atom. The van der Waals surface area contributed by atoms with Crippen molar-refractivity contribution in [1.29, 1.82) is 0 Å². The number of nitrogens with zero attached hydrogens (tertiary/aromatic N) is 1. The van der Waals surface area contributed by atoms with Crippen LogP contribution in [0.15, 0.2) is 30.3 Å². The zero-order valence-electron chi connectivity index (χ0n) is 14.7. The Kier molecular flexibility index (Phi) is 4.58. The molecule has 1 aliphatic carbocycles. The minimum atomic E-state index is -0.851. The summed E-state index contributed by atoms with van der Waals surface area (Å²) in [5.41, 5.74) is 1.39. The van der Waals surface area contributed by atoms with Crippen LogP contribution in [0.25, 0.3) is 0 Å². The predicted molar refractivity (Wildman–Crippen MR) is 94.0 cm³/mol. The van der Waals surface area contributed by atoms with Crippen LogP contribution < -0.4 is 5.32 Å². The summed E-state index contributed by atoms with van der Waals surface area (Å²) >= 11 is 0. The molecule has 1 aromatic heterocycles. The minimum absolute atomic E-state index is 0.0492. The lowest BCUT2D eigenvalue weighted by Crippen LogP contribution is -2.27. The minimum Gasteiger partial charge on any atom is -0.365 e. The number of anilines is 1. The van der Waals surface area contributed by atoms with Crippen LogP contribution in [0.1, 0.15) is 61.1 Å². The number of ketones is 1. The van der Waals surface area contributed by atoms with E-state index in [1.54, 1.807) is 6.07 Å². The first kappa shape index (κ1) is 17.5. The summed E-state index contributed by atoms with van der Waals surface area (Å²) in [5, 5.41) is 3.26. The molecule has 0 saturated heterocycles. The van der Waals surface area contributed by atoms with E-state index in [0.29, 0.717) is 29.9 Å². The van der Waals surface area contributed by atoms with Crippen molar-refractivity contribution in [3.8, 4) is 0 Å². The Morgan fingerprint density at radius 3 is 2.64 bits per heavy atom. The van der Waals surface area contributed by atoms with Gasteiger partial charge in [-0.15, -0.1) is 0 Å². The summed E-state index contributed by atoms with van der Waals surface area (Å²) in [5.74, 6) is -1.30. The number of carbonyl (C=O) groups is 1. The molecule has 3 nitrogen and oxygen atoms in total. The molecule has 0 amide bonds. The van der Waals surface area contributed by atoms with Gasteiger partial charge in [-0.25, -0.2) is 13.8 Å². The Bertz CT molecular complexity index is 812. The molecule has 1 aliphatic rings. The van der Waals surface area contributed by atoms with Crippen molar-refractivity contribution < 1.29 is 13.6 Å². The molecule has 0 aliphatic heterocycles. The zero-order chi connectivity index (χ0) is 18.2. The van der Waals surface area contributed by atoms with Crippen molar-refractivity contribution in [2.45, 2.75) is 51.5 Å². The van der Waals surface area contributed by atoms with Gasteiger partial charge in [0.05, 0.1) is 0 Å². The molecule has 0 saturated carbocycles. The molecule has 1 aromatic carbocycles. The van der Waals surface area contributed by atoms with Gasteiger partial charge >= 0.3 is 0 Å². The Balaban J connectivity index is 1.94. The predicted octanol–water partition coefficient (Wildman–Crippen LogP) is 4.87. The quantitative estimate of drug-likeness (QED) is 0.790. The fraction of sp³-hybridized carbons (Fsp3) is 0.400. The number of halogens is 2. The largest absolute Gasteiger partial charge is 0.365 e. The summed E-state index contributed by atoms with van der Waals surface area (Å²) in [4.78, 5) is 17.0. The molecule has 1 N–H and O–H groups in total. The van der Waals surface area contributed by atoms with Gasteiger partial charge in [-0.3, -0.25) is 4.79 Å². The SMILES string of the molecule is CC(C)(C)Nc1ccc2c(n1)C(=O)CCC(c1cccc(F)c1F)C2. The first-order chi connectivity index (χ1) is 11.7. The van der Waals surface area contributed by atoms with E-state index in [4.69, 9.17) is 0 Å². The van der Waals surface area contributed by atoms with E-state index in [2.05, 4.69) is 10.3 Å². The van der Waals surface area contributed by atoms with Gasteiger partial charge in [0, 0.05) is 12.0 Å². The second-order valence-electron chi connectivity index (χ2n) is 7.59. The van der Waals surface area contributed by atoms with Gasteiger partial charge in [0.25, 0.3) is 0 Å². The normalized spacial score (nSPS) is 17.8. The number of aromatic nitrogens is 1. The Morgan fingerprint density at radius 1 is 1.16 bits per heavy atom. The van der Waals surface area contributed by atoms with Crippen molar-refractivity contribution in [3.63, 3.8) is 0 Å². The zero-order valence-corrected chi connectivity index (χ0v) is 14.7. The number of hydrogen-bond acceptors (Lipinski definition) is 3. The number of fused-ring (bicyclic) bond motifs is 1. The van der Waals surface area contributed by atoms with Gasteiger partial charge in [0.2, 0.25) is 0 Å². The van der Waals surface area contributed by atoms with Crippen LogP contribution in [0.2, 0.25) is 0 Å². The monoisotopic (exact) mass is 344 g/mol. The average Bonchev–Trinajstić information content (AvgIpc) is 2.68. The third kappa shape index (κ3) is 3.86. The smallest absolute Gasteiger partial charge is 0.181 e. The number of hydrogen-bond donors (Lipinski definition) is 1. The van der Waals surface area contributed by atoms with Crippen molar-refractivity contribution in [2.24, 2.45) is 0 Å². The highest BCUT2D eigenvalue weighted by molar-refractivity contribution is 5.96. The van der Waals surface area contributed by atoms with Gasteiger partial charge in [-0.05, 0) is 62.8 Å². The maximum atomic E-state index is 14.2. The number of Topliss-reactive ketones (excluding diaryl/α,β-unsaturated/α-hetero) is 1. The highest BCUT2D eigenvalue weighted by atomic mass is 19.2. The Hall–Kier alpha value is -2.30. The van der Waals surface area contributed by atoms with E-state index in [9.17, 15) is 13.6 Å². The number of nitrogens with one attached hydrogen (secondary N) is 1. The Labute approximate surface area is 146 Å². The lowest BCUT2D eigenvalue weighted by molar-refractivity contribution is 0.0976. The second kappa shape index (κ2) is 6.54. The van der Waals surface area contributed by atoms with Crippen LogP contribution in [-0.4, -0.2) is 16.3 Å². The molecule has 1 heterocycles. The number of carbonyl (C=O) groups excluding carboxylic acids is 1. The van der Waals surface area contributed by atoms with Gasteiger partial charge < -0.3 is 5.32 Å². The van der Waals surface area contributed by atoms with Gasteiger partial charge in [0.15, 0.2) is 17.4 Å². The van der Waals surface area contributed by atoms with Crippen molar-refractivity contribution in [2.75, 3.05) is 5.32 Å². The van der Waals surface area contributed by atoms with Crippen LogP contribution in [0.3, 0.4) is 0 Å². The number of benzene rings is 1. The van der Waals surface area contributed by atoms with Gasteiger partial charge in [-0.1, -0.05) is 18.2 Å². The van der Waals surface area contributed by atoms with Crippen LogP contribution in [0.5, 0.6) is 0 Å². The molecule has 1 unspecified atom stereocenters. The molecule has 1 atom stereocenters. The maximum absolute atomic E-state index is 14.2. The molecule has 25 heavy (non-hydrogen) atoms. The maximum Gasteiger partial charge on any atom is 0.181 e. The van der Waals surface area contributed by atoms with E-state index in [0.717, 1.165) is 11.6 Å². The number of rotatable bonds is 2. The van der Waals surface area contributed by atoms with Crippen LogP contribution in [0, 0.1) is 11.6 Å². The van der Waals surface area contributed by atoms with Crippen molar-refractivity contribution in [3.05, 3.63) is 58.8 Å². The summed E-state index contributed by atoms with van der Waals surface area (Å²) in [6.07, 6.45) is 1.24. The van der Waals surface area contributed by atoms with E-state index in [1.807, 2.05) is 32.9 Å². The van der Waals surface area contributed by atoms with E-state index < -0.39 is 11.6 Å². The average molecular weight is 344 g/mol. The number of pyridine rings is 1. The highest BCUT2D eigenvalue weighted by Crippen LogP contribution is 2.33. The molecule has 132 valence electrons. The third-order valence-electron chi connectivity index (χ3n) is 4.35. The standard InChI is InChI=1S/C20H22F2N2O/c1-20(2,3)24-17-10-8-13-11-12(7-9-16(25)19(13)23-17)14-5-4-6-15(21)18(14)22/h4-6,8,10,12H,7,9,11H2,1-3H3,(H,23,24). The van der Waals surface area contributed by atoms with Gasteiger partial charge in [0.1, 0.15) is 11.5 Å². The lowest BCUT2D eigenvalue weighted by atomic mass is 9.90. The topological polar surface area (TPSA) is 42.0 Å². The second-order valence-corrected chi connectivity index (χ2v) is 7.59. The summed E-state index contributed by atoms with van der Waals surface area (Å²) < 4.78 is 27.7. The summed E-state index contributed by atoms with van der Waals surface area (Å²) in [7, 11) is 0. The van der Waals surface area contributed by atoms with E-state index in [-0.39, 0.29) is 23.7 Å². The molecule has 0 fully saturated rings. The van der Waals surface area contributed by atoms with E-state index in [1.165, 1.54) is 6.07 Å². The molecule has 0 spiro atoms. The fourth-order valence-corrected chi connectivity index (χ4v) is 3.24.